The zero-order chi connectivity index (χ0) is 14.6. The zero-order valence-corrected chi connectivity index (χ0v) is 13.7. The predicted octanol–water partition coefficient (Wildman–Crippen LogP) is 2.64. The van der Waals surface area contributed by atoms with E-state index in [2.05, 4.69) is 31.0 Å². The molecule has 2 unspecified atom stereocenters. The molecule has 0 bridgehead atoms. The van der Waals surface area contributed by atoms with Gasteiger partial charge in [0.25, 0.3) is 0 Å². The molecule has 1 aliphatic carbocycles. The first-order chi connectivity index (χ1) is 9.49. The summed E-state index contributed by atoms with van der Waals surface area (Å²) in [6, 6.07) is 0.657. The third-order valence-corrected chi connectivity index (χ3v) is 5.29. The average Bonchev–Trinajstić information content (AvgIpc) is 2.41. The maximum Gasteiger partial charge on any atom is 0.0605 e. The highest BCUT2D eigenvalue weighted by Crippen LogP contribution is 2.35. The molecule has 2 fully saturated rings. The van der Waals surface area contributed by atoms with Crippen molar-refractivity contribution in [2.75, 3.05) is 26.2 Å². The second-order valence-corrected chi connectivity index (χ2v) is 7.77. The van der Waals surface area contributed by atoms with Crippen LogP contribution in [0, 0.1) is 11.3 Å². The van der Waals surface area contributed by atoms with E-state index in [1.165, 1.54) is 51.7 Å². The van der Waals surface area contributed by atoms with Gasteiger partial charge in [-0.25, -0.2) is 0 Å². The van der Waals surface area contributed by atoms with Crippen LogP contribution in [0.4, 0.5) is 0 Å². The van der Waals surface area contributed by atoms with Crippen molar-refractivity contribution in [2.45, 2.75) is 71.4 Å². The van der Waals surface area contributed by atoms with E-state index in [9.17, 15) is 5.11 Å². The molecule has 2 N–H and O–H groups in total. The second-order valence-electron chi connectivity index (χ2n) is 7.77. The highest BCUT2D eigenvalue weighted by atomic mass is 16.3. The summed E-state index contributed by atoms with van der Waals surface area (Å²) < 4.78 is 0. The normalized spacial score (nSPS) is 33.8. The third kappa shape index (κ3) is 4.44. The van der Waals surface area contributed by atoms with Crippen molar-refractivity contribution >= 4 is 0 Å². The summed E-state index contributed by atoms with van der Waals surface area (Å²) in [5, 5.41) is 14.0. The van der Waals surface area contributed by atoms with Gasteiger partial charge >= 0.3 is 0 Å². The SMILES string of the molecule is CC(C)CN1CCC(NCC2(C)CCCCC2O)CC1. The van der Waals surface area contributed by atoms with E-state index in [0.717, 1.165) is 18.9 Å². The summed E-state index contributed by atoms with van der Waals surface area (Å²) in [7, 11) is 0. The fraction of sp³-hybridized carbons (Fsp3) is 1.00. The Hall–Kier alpha value is -0.120. The van der Waals surface area contributed by atoms with E-state index in [1.807, 2.05) is 0 Å². The van der Waals surface area contributed by atoms with Gasteiger partial charge in [-0.05, 0) is 44.7 Å². The number of hydrogen-bond donors (Lipinski definition) is 2. The van der Waals surface area contributed by atoms with Gasteiger partial charge in [-0.1, -0.05) is 33.6 Å². The predicted molar refractivity (Wildman–Crippen MR) is 84.9 cm³/mol. The minimum Gasteiger partial charge on any atom is -0.393 e. The fourth-order valence-corrected chi connectivity index (χ4v) is 3.80. The molecule has 1 heterocycles. The van der Waals surface area contributed by atoms with Crippen LogP contribution in [0.5, 0.6) is 0 Å². The number of piperidine rings is 1. The summed E-state index contributed by atoms with van der Waals surface area (Å²) in [4.78, 5) is 2.60. The van der Waals surface area contributed by atoms with Crippen molar-refractivity contribution < 1.29 is 5.11 Å². The second kappa shape index (κ2) is 7.24. The highest BCUT2D eigenvalue weighted by Gasteiger charge is 2.35. The van der Waals surface area contributed by atoms with Gasteiger partial charge < -0.3 is 15.3 Å². The van der Waals surface area contributed by atoms with Crippen LogP contribution in [-0.2, 0) is 0 Å². The molecule has 1 aliphatic heterocycles. The fourth-order valence-electron chi connectivity index (χ4n) is 3.80. The van der Waals surface area contributed by atoms with Crippen molar-refractivity contribution in [3.8, 4) is 0 Å². The van der Waals surface area contributed by atoms with Crippen molar-refractivity contribution in [1.82, 2.24) is 10.2 Å². The molecule has 0 amide bonds. The Balaban J connectivity index is 1.70. The first kappa shape index (κ1) is 16.3. The smallest absolute Gasteiger partial charge is 0.0605 e. The van der Waals surface area contributed by atoms with Gasteiger partial charge in [0.1, 0.15) is 0 Å². The number of likely N-dealkylation sites (tertiary alicyclic amines) is 1. The van der Waals surface area contributed by atoms with Crippen LogP contribution in [-0.4, -0.2) is 48.3 Å². The van der Waals surface area contributed by atoms with Gasteiger partial charge in [0.05, 0.1) is 6.10 Å². The summed E-state index contributed by atoms with van der Waals surface area (Å²) in [6.07, 6.45) is 7.06. The topological polar surface area (TPSA) is 35.5 Å². The van der Waals surface area contributed by atoms with E-state index in [0.29, 0.717) is 6.04 Å². The molecule has 2 aliphatic rings. The van der Waals surface area contributed by atoms with Crippen LogP contribution in [0.3, 0.4) is 0 Å². The van der Waals surface area contributed by atoms with E-state index in [-0.39, 0.29) is 11.5 Å². The van der Waals surface area contributed by atoms with Crippen LogP contribution < -0.4 is 5.32 Å². The molecule has 2 rings (SSSR count). The van der Waals surface area contributed by atoms with E-state index < -0.39 is 0 Å². The molecule has 0 aromatic heterocycles. The number of rotatable bonds is 5. The summed E-state index contributed by atoms with van der Waals surface area (Å²) in [5.41, 5.74) is 0.104. The first-order valence-electron chi connectivity index (χ1n) is 8.63. The molecule has 118 valence electrons. The number of aliphatic hydroxyl groups is 1. The Bertz CT molecular complexity index is 287. The number of nitrogens with one attached hydrogen (secondary N) is 1. The van der Waals surface area contributed by atoms with Gasteiger partial charge in [0, 0.05) is 24.5 Å². The maximum absolute atomic E-state index is 10.3. The molecule has 0 aromatic rings. The minimum absolute atomic E-state index is 0.104. The molecule has 3 nitrogen and oxygen atoms in total. The molecule has 1 saturated carbocycles. The largest absolute Gasteiger partial charge is 0.393 e. The molecule has 0 spiro atoms. The van der Waals surface area contributed by atoms with Crippen LogP contribution >= 0.6 is 0 Å². The average molecular weight is 282 g/mol. The van der Waals surface area contributed by atoms with Crippen molar-refractivity contribution in [3.63, 3.8) is 0 Å². The van der Waals surface area contributed by atoms with Crippen LogP contribution in [0.25, 0.3) is 0 Å². The van der Waals surface area contributed by atoms with E-state index in [4.69, 9.17) is 0 Å². The molecular formula is C17H34N2O. The number of nitrogens with zero attached hydrogens (tertiary/aromatic N) is 1. The Morgan fingerprint density at radius 1 is 1.20 bits per heavy atom. The third-order valence-electron chi connectivity index (χ3n) is 5.29. The minimum atomic E-state index is -0.107. The lowest BCUT2D eigenvalue weighted by molar-refractivity contribution is -0.00168. The summed E-state index contributed by atoms with van der Waals surface area (Å²) in [5.74, 6) is 0.774. The highest BCUT2D eigenvalue weighted by molar-refractivity contribution is 4.89. The van der Waals surface area contributed by atoms with Crippen LogP contribution in [0.2, 0.25) is 0 Å². The van der Waals surface area contributed by atoms with Gasteiger partial charge in [-0.2, -0.15) is 0 Å². The van der Waals surface area contributed by atoms with Crippen molar-refractivity contribution in [3.05, 3.63) is 0 Å². The van der Waals surface area contributed by atoms with Gasteiger partial charge in [-0.15, -0.1) is 0 Å². The van der Waals surface area contributed by atoms with Gasteiger partial charge in [0.15, 0.2) is 0 Å². The zero-order valence-electron chi connectivity index (χ0n) is 13.7. The van der Waals surface area contributed by atoms with E-state index >= 15 is 0 Å². The van der Waals surface area contributed by atoms with Crippen molar-refractivity contribution in [2.24, 2.45) is 11.3 Å². The van der Waals surface area contributed by atoms with Gasteiger partial charge in [-0.3, -0.25) is 0 Å². The maximum atomic E-state index is 10.3. The quantitative estimate of drug-likeness (QED) is 0.814. The number of hydrogen-bond acceptors (Lipinski definition) is 3. The van der Waals surface area contributed by atoms with Crippen LogP contribution in [0.1, 0.15) is 59.3 Å². The Morgan fingerprint density at radius 3 is 2.50 bits per heavy atom. The Kier molecular flexibility index (Phi) is 5.88. The van der Waals surface area contributed by atoms with Crippen LogP contribution in [0.15, 0.2) is 0 Å². The lowest BCUT2D eigenvalue weighted by Gasteiger charge is -2.41. The molecule has 2 atom stereocenters. The summed E-state index contributed by atoms with van der Waals surface area (Å²) in [6.45, 7) is 11.6. The molecule has 1 saturated heterocycles. The molecule has 20 heavy (non-hydrogen) atoms. The molecule has 3 heteroatoms. The summed E-state index contributed by atoms with van der Waals surface area (Å²) >= 11 is 0. The lowest BCUT2D eigenvalue weighted by atomic mass is 9.73. The van der Waals surface area contributed by atoms with Crippen molar-refractivity contribution in [1.29, 1.82) is 0 Å². The molecule has 0 radical (unpaired) electrons. The van der Waals surface area contributed by atoms with Gasteiger partial charge in [0.2, 0.25) is 0 Å². The standard InChI is InChI=1S/C17H34N2O/c1-14(2)12-19-10-7-15(8-11-19)18-13-17(3)9-5-4-6-16(17)20/h14-16,18,20H,4-13H2,1-3H3. The Morgan fingerprint density at radius 2 is 1.90 bits per heavy atom. The van der Waals surface area contributed by atoms with E-state index in [1.54, 1.807) is 0 Å². The monoisotopic (exact) mass is 282 g/mol. The molecular weight excluding hydrogens is 248 g/mol. The lowest BCUT2D eigenvalue weighted by Crippen LogP contribution is -2.49. The Labute approximate surface area is 125 Å². The molecule has 0 aromatic carbocycles. The first-order valence-corrected chi connectivity index (χ1v) is 8.63. The number of aliphatic hydroxyl groups excluding tert-OH is 1.